The van der Waals surface area contributed by atoms with E-state index in [-0.39, 0.29) is 42.4 Å². The van der Waals surface area contributed by atoms with Crippen LogP contribution >= 0.6 is 11.3 Å². The van der Waals surface area contributed by atoms with Gasteiger partial charge in [-0.05, 0) is 43.4 Å². The van der Waals surface area contributed by atoms with Crippen molar-refractivity contribution in [2.45, 2.75) is 136 Å². The lowest BCUT2D eigenvalue weighted by Crippen LogP contribution is -2.55. The molecule has 43 heavy (non-hydrogen) atoms. The second-order valence-corrected chi connectivity index (χ2v) is 14.7. The van der Waals surface area contributed by atoms with Crippen molar-refractivity contribution >= 4 is 28.9 Å². The zero-order valence-corrected chi connectivity index (χ0v) is 27.8. The van der Waals surface area contributed by atoms with Crippen LogP contribution in [-0.2, 0) is 20.8 Å². The predicted molar refractivity (Wildman–Crippen MR) is 172 cm³/mol. The predicted octanol–water partition coefficient (Wildman–Crippen LogP) is 5.55. The van der Waals surface area contributed by atoms with Crippen molar-refractivity contribution in [3.8, 4) is 0 Å². The van der Waals surface area contributed by atoms with Gasteiger partial charge >= 0.3 is 0 Å². The van der Waals surface area contributed by atoms with Crippen molar-refractivity contribution in [1.29, 1.82) is 0 Å². The van der Waals surface area contributed by atoms with E-state index >= 15 is 0 Å². The van der Waals surface area contributed by atoms with Crippen LogP contribution in [0.5, 0.6) is 0 Å². The van der Waals surface area contributed by atoms with E-state index in [9.17, 15) is 24.6 Å². The molecule has 2 saturated carbocycles. The second-order valence-electron chi connectivity index (χ2n) is 14.0. The van der Waals surface area contributed by atoms with Gasteiger partial charge in [0.1, 0.15) is 6.10 Å². The Kier molecular flexibility index (Phi) is 15.1. The van der Waals surface area contributed by atoms with Crippen molar-refractivity contribution in [3.63, 3.8) is 0 Å². The largest absolute Gasteiger partial charge is 0.390 e. The normalized spacial score (nSPS) is 19.6. The van der Waals surface area contributed by atoms with Gasteiger partial charge in [-0.1, -0.05) is 79.1 Å². The minimum absolute atomic E-state index is 0.0513. The molecule has 2 aliphatic rings. The average molecular weight is 620 g/mol. The van der Waals surface area contributed by atoms with E-state index in [2.05, 4.69) is 10.3 Å². The molecule has 3 rings (SSSR count). The lowest BCUT2D eigenvalue weighted by Gasteiger charge is -2.42. The maximum atomic E-state index is 14.7. The zero-order chi connectivity index (χ0) is 31.4. The fourth-order valence-electron chi connectivity index (χ4n) is 6.89. The summed E-state index contributed by atoms with van der Waals surface area (Å²) in [5, 5.41) is 27.6. The number of rotatable bonds is 17. The lowest BCUT2D eigenvalue weighted by atomic mass is 9.80. The number of nitrogens with zero attached hydrogens (tertiary/aromatic N) is 2. The van der Waals surface area contributed by atoms with Crippen molar-refractivity contribution in [2.24, 2.45) is 29.6 Å². The third-order valence-corrected chi connectivity index (χ3v) is 10.1. The summed E-state index contributed by atoms with van der Waals surface area (Å²) in [6.07, 6.45) is 10.6. The third-order valence-electron chi connectivity index (χ3n) is 9.49. The Morgan fingerprint density at radius 2 is 1.60 bits per heavy atom. The van der Waals surface area contributed by atoms with E-state index in [1.807, 2.05) is 24.1 Å². The van der Waals surface area contributed by atoms with Crippen molar-refractivity contribution < 1.29 is 24.6 Å². The SMILES string of the molecule is CC(C)C[C@H](O)[C@H](O)[C@H](CC1CCCCC1)N(CC1CCCCC1)C(=O)[C@@H](CC(=O)NCC(=O)C(C)C)Cc1cscn1. The van der Waals surface area contributed by atoms with Crippen molar-refractivity contribution in [2.75, 3.05) is 13.1 Å². The minimum atomic E-state index is -1.06. The van der Waals surface area contributed by atoms with Crippen LogP contribution in [0, 0.1) is 29.6 Å². The zero-order valence-electron chi connectivity index (χ0n) is 27.0. The quantitative estimate of drug-likeness (QED) is 0.210. The molecular weight excluding hydrogens is 562 g/mol. The highest BCUT2D eigenvalue weighted by molar-refractivity contribution is 7.07. The molecule has 244 valence electrons. The highest BCUT2D eigenvalue weighted by Crippen LogP contribution is 2.34. The molecule has 0 radical (unpaired) electrons. The Labute approximate surface area is 263 Å². The van der Waals surface area contributed by atoms with E-state index in [0.29, 0.717) is 37.6 Å². The van der Waals surface area contributed by atoms with E-state index in [1.165, 1.54) is 24.2 Å². The van der Waals surface area contributed by atoms with Crippen LogP contribution < -0.4 is 5.32 Å². The highest BCUT2D eigenvalue weighted by Gasteiger charge is 2.40. The summed E-state index contributed by atoms with van der Waals surface area (Å²) in [5.41, 5.74) is 2.49. The van der Waals surface area contributed by atoms with Gasteiger partial charge in [0, 0.05) is 30.7 Å². The van der Waals surface area contributed by atoms with Crippen LogP contribution in [0.15, 0.2) is 10.9 Å². The first kappa shape index (κ1) is 35.6. The Bertz CT molecular complexity index is 973. The van der Waals surface area contributed by atoms with Gasteiger partial charge in [0.25, 0.3) is 0 Å². The summed E-state index contributed by atoms with van der Waals surface area (Å²) in [7, 11) is 0. The van der Waals surface area contributed by atoms with Crippen LogP contribution in [-0.4, -0.2) is 69.0 Å². The molecule has 2 amide bonds. The highest BCUT2D eigenvalue weighted by atomic mass is 32.1. The van der Waals surface area contributed by atoms with Gasteiger partial charge < -0.3 is 20.4 Å². The molecule has 1 aromatic heterocycles. The van der Waals surface area contributed by atoms with Gasteiger partial charge in [-0.3, -0.25) is 14.4 Å². The molecule has 0 bridgehead atoms. The first-order chi connectivity index (χ1) is 20.5. The van der Waals surface area contributed by atoms with Gasteiger partial charge in [-0.25, -0.2) is 4.98 Å². The van der Waals surface area contributed by atoms with Gasteiger partial charge in [0.05, 0.1) is 35.8 Å². The van der Waals surface area contributed by atoms with Gasteiger partial charge in [-0.15, -0.1) is 11.3 Å². The Morgan fingerprint density at radius 3 is 2.16 bits per heavy atom. The molecule has 0 unspecified atom stereocenters. The molecule has 1 heterocycles. The molecule has 2 fully saturated rings. The van der Waals surface area contributed by atoms with Crippen LogP contribution in [0.3, 0.4) is 0 Å². The molecule has 9 heteroatoms. The number of aromatic nitrogens is 1. The molecule has 0 aromatic carbocycles. The number of carbonyl (C=O) groups is 3. The number of carbonyl (C=O) groups excluding carboxylic acids is 3. The third kappa shape index (κ3) is 11.9. The number of thiazole rings is 1. The first-order valence-corrected chi connectivity index (χ1v) is 17.8. The van der Waals surface area contributed by atoms with Gasteiger partial charge in [0.2, 0.25) is 11.8 Å². The van der Waals surface area contributed by atoms with Gasteiger partial charge in [-0.2, -0.15) is 0 Å². The number of hydrogen-bond acceptors (Lipinski definition) is 7. The van der Waals surface area contributed by atoms with Crippen molar-refractivity contribution in [1.82, 2.24) is 15.2 Å². The molecule has 8 nitrogen and oxygen atoms in total. The monoisotopic (exact) mass is 619 g/mol. The Balaban J connectivity index is 1.93. The molecule has 2 aliphatic carbocycles. The fraction of sp³-hybridized carbons (Fsp3) is 0.824. The summed E-state index contributed by atoms with van der Waals surface area (Å²) < 4.78 is 0. The number of Topliss-reactive ketones (excluding diaryl/α,β-unsaturated/α-hetero) is 1. The average Bonchev–Trinajstić information content (AvgIpc) is 3.50. The van der Waals surface area contributed by atoms with Crippen LogP contribution in [0.1, 0.15) is 117 Å². The van der Waals surface area contributed by atoms with Crippen molar-refractivity contribution in [3.05, 3.63) is 16.6 Å². The Morgan fingerprint density at radius 1 is 0.977 bits per heavy atom. The minimum Gasteiger partial charge on any atom is -0.390 e. The number of aliphatic hydroxyl groups excluding tert-OH is 2. The lowest BCUT2D eigenvalue weighted by molar-refractivity contribution is -0.147. The fourth-order valence-corrected chi connectivity index (χ4v) is 7.46. The van der Waals surface area contributed by atoms with E-state index in [4.69, 9.17) is 0 Å². The number of ketones is 1. The topological polar surface area (TPSA) is 120 Å². The number of nitrogens with one attached hydrogen (secondary N) is 1. The number of aliphatic hydroxyl groups is 2. The summed E-state index contributed by atoms with van der Waals surface area (Å²) in [6.45, 7) is 8.15. The molecule has 4 atom stereocenters. The van der Waals surface area contributed by atoms with Crippen LogP contribution in [0.25, 0.3) is 0 Å². The summed E-state index contributed by atoms with van der Waals surface area (Å²) in [4.78, 5) is 46.4. The Hall–Kier alpha value is -1.84. The standard InChI is InChI=1S/C34H57N3O5S/c1-23(2)15-30(38)33(41)29(16-25-11-7-5-8-12-25)37(20-26-13-9-6-10-14-26)34(42)27(17-28-21-43-22-36-28)18-32(40)35-19-31(39)24(3)4/h21-27,29-30,33,38,41H,5-20H2,1-4H3,(H,35,40)/t27-,29+,30+,33-/m1/s1. The second kappa shape index (κ2) is 18.2. The molecule has 0 spiro atoms. The summed E-state index contributed by atoms with van der Waals surface area (Å²) in [5.74, 6) is -0.463. The van der Waals surface area contributed by atoms with E-state index < -0.39 is 24.2 Å². The summed E-state index contributed by atoms with van der Waals surface area (Å²) in [6, 6.07) is -0.519. The maximum absolute atomic E-state index is 14.7. The molecule has 0 saturated heterocycles. The van der Waals surface area contributed by atoms with Crippen LogP contribution in [0.2, 0.25) is 0 Å². The molecular formula is C34H57N3O5S. The van der Waals surface area contributed by atoms with Crippen LogP contribution in [0.4, 0.5) is 0 Å². The maximum Gasteiger partial charge on any atom is 0.226 e. The molecule has 3 N–H and O–H groups in total. The van der Waals surface area contributed by atoms with Gasteiger partial charge in [0.15, 0.2) is 5.78 Å². The number of amides is 2. The van der Waals surface area contributed by atoms with E-state index in [0.717, 1.165) is 57.1 Å². The number of hydrogen-bond donors (Lipinski definition) is 3. The molecule has 0 aliphatic heterocycles. The molecule has 1 aromatic rings. The smallest absolute Gasteiger partial charge is 0.226 e. The van der Waals surface area contributed by atoms with E-state index in [1.54, 1.807) is 19.4 Å². The first-order valence-electron chi connectivity index (χ1n) is 16.9. The summed E-state index contributed by atoms with van der Waals surface area (Å²) >= 11 is 1.46.